The van der Waals surface area contributed by atoms with Gasteiger partial charge in [0.25, 0.3) is 0 Å². The summed E-state index contributed by atoms with van der Waals surface area (Å²) in [4.78, 5) is 12.9. The first-order valence-electron chi connectivity index (χ1n) is 7.57. The molecule has 1 aliphatic rings. The predicted octanol–water partition coefficient (Wildman–Crippen LogP) is 0.856. The second kappa shape index (κ2) is 5.15. The van der Waals surface area contributed by atoms with Gasteiger partial charge in [-0.2, -0.15) is 4.52 Å². The van der Waals surface area contributed by atoms with Crippen LogP contribution in [-0.2, 0) is 0 Å². The molecule has 23 heavy (non-hydrogen) atoms. The fourth-order valence-corrected chi connectivity index (χ4v) is 2.76. The second-order valence-electron chi connectivity index (χ2n) is 5.90. The van der Waals surface area contributed by atoms with Gasteiger partial charge < -0.3 is 9.80 Å². The molecule has 1 aliphatic heterocycles. The van der Waals surface area contributed by atoms with Crippen molar-refractivity contribution in [1.29, 1.82) is 0 Å². The normalized spacial score (nSPS) is 15.0. The van der Waals surface area contributed by atoms with E-state index in [4.69, 9.17) is 0 Å². The highest BCUT2D eigenvalue weighted by molar-refractivity contribution is 5.50. The molecule has 0 amide bonds. The van der Waals surface area contributed by atoms with E-state index >= 15 is 0 Å². The number of aromatic nitrogens is 6. The van der Waals surface area contributed by atoms with Crippen molar-refractivity contribution in [2.45, 2.75) is 19.9 Å². The molecule has 3 aromatic rings. The van der Waals surface area contributed by atoms with E-state index in [9.17, 15) is 0 Å². The molecular weight excluding hydrogens is 292 g/mol. The van der Waals surface area contributed by atoms with Gasteiger partial charge in [0.1, 0.15) is 18.0 Å². The summed E-state index contributed by atoms with van der Waals surface area (Å²) in [7, 11) is 2.07. The van der Waals surface area contributed by atoms with E-state index in [0.29, 0.717) is 6.04 Å². The van der Waals surface area contributed by atoms with Gasteiger partial charge in [-0.3, -0.25) is 0 Å². The van der Waals surface area contributed by atoms with Crippen molar-refractivity contribution in [2.24, 2.45) is 0 Å². The molecule has 4 rings (SSSR count). The molecular formula is C15H18N8. The molecule has 3 aromatic heterocycles. The van der Waals surface area contributed by atoms with Crippen molar-refractivity contribution in [1.82, 2.24) is 29.8 Å². The smallest absolute Gasteiger partial charge is 0.178 e. The van der Waals surface area contributed by atoms with Gasteiger partial charge in [0, 0.05) is 31.9 Å². The van der Waals surface area contributed by atoms with Crippen molar-refractivity contribution in [2.75, 3.05) is 29.9 Å². The molecule has 0 aromatic carbocycles. The highest BCUT2D eigenvalue weighted by Crippen LogP contribution is 2.24. The zero-order valence-electron chi connectivity index (χ0n) is 13.4. The Morgan fingerprint density at radius 3 is 2.74 bits per heavy atom. The lowest BCUT2D eigenvalue weighted by Crippen LogP contribution is -2.59. The van der Waals surface area contributed by atoms with Crippen molar-refractivity contribution in [3.05, 3.63) is 36.0 Å². The maximum atomic E-state index is 4.61. The molecule has 1 saturated heterocycles. The first-order valence-corrected chi connectivity index (χ1v) is 7.57. The van der Waals surface area contributed by atoms with Gasteiger partial charge in [-0.05, 0) is 26.0 Å². The second-order valence-corrected chi connectivity index (χ2v) is 5.90. The maximum Gasteiger partial charge on any atom is 0.178 e. The van der Waals surface area contributed by atoms with Gasteiger partial charge in [0.2, 0.25) is 0 Å². The van der Waals surface area contributed by atoms with Crippen LogP contribution in [0.25, 0.3) is 5.65 Å². The van der Waals surface area contributed by atoms with Crippen LogP contribution >= 0.6 is 0 Å². The topological polar surface area (TPSA) is 75.3 Å². The lowest BCUT2D eigenvalue weighted by atomic mass is 10.1. The molecule has 8 heteroatoms. The summed E-state index contributed by atoms with van der Waals surface area (Å²) < 4.78 is 1.78. The van der Waals surface area contributed by atoms with Crippen molar-refractivity contribution in [3.8, 4) is 0 Å². The minimum atomic E-state index is 0.420. The Morgan fingerprint density at radius 2 is 1.96 bits per heavy atom. The van der Waals surface area contributed by atoms with Gasteiger partial charge in [0.15, 0.2) is 11.5 Å². The number of anilines is 2. The van der Waals surface area contributed by atoms with Gasteiger partial charge in [-0.1, -0.05) is 0 Å². The van der Waals surface area contributed by atoms with Crippen LogP contribution in [0.4, 0.5) is 11.6 Å². The lowest BCUT2D eigenvalue weighted by Gasteiger charge is -2.44. The third-order valence-electron chi connectivity index (χ3n) is 4.29. The van der Waals surface area contributed by atoms with Gasteiger partial charge in [0.05, 0.1) is 6.04 Å². The fraction of sp³-hybridized carbons (Fsp3) is 0.400. The fourth-order valence-electron chi connectivity index (χ4n) is 2.76. The number of hydrogen-bond acceptors (Lipinski definition) is 7. The largest absolute Gasteiger partial charge is 0.353 e. The number of aryl methyl sites for hydroxylation is 2. The minimum Gasteiger partial charge on any atom is -0.353 e. The molecule has 8 nitrogen and oxygen atoms in total. The van der Waals surface area contributed by atoms with Crippen molar-refractivity contribution in [3.63, 3.8) is 0 Å². The standard InChI is InChI=1S/C15H18N8/c1-10-6-15(17-9-16-10)21(3)12-7-22(8-12)14-5-4-13-19-18-11(2)23(13)20-14/h4-6,9,12H,7-8H2,1-3H3. The highest BCUT2D eigenvalue weighted by Gasteiger charge is 2.32. The highest BCUT2D eigenvalue weighted by atomic mass is 15.4. The summed E-state index contributed by atoms with van der Waals surface area (Å²) in [6.07, 6.45) is 1.61. The van der Waals surface area contributed by atoms with Crippen LogP contribution in [-0.4, -0.2) is 56.0 Å². The summed E-state index contributed by atoms with van der Waals surface area (Å²) >= 11 is 0. The van der Waals surface area contributed by atoms with Crippen LogP contribution in [0.2, 0.25) is 0 Å². The van der Waals surface area contributed by atoms with Crippen molar-refractivity contribution < 1.29 is 0 Å². The van der Waals surface area contributed by atoms with Crippen LogP contribution in [0.1, 0.15) is 11.5 Å². The zero-order valence-corrected chi connectivity index (χ0v) is 13.4. The number of likely N-dealkylation sites (N-methyl/N-ethyl adjacent to an activating group) is 1. The van der Waals surface area contributed by atoms with Crippen LogP contribution < -0.4 is 9.80 Å². The Morgan fingerprint density at radius 1 is 1.13 bits per heavy atom. The third-order valence-corrected chi connectivity index (χ3v) is 4.29. The Balaban J connectivity index is 1.48. The summed E-state index contributed by atoms with van der Waals surface area (Å²) in [6, 6.07) is 6.37. The summed E-state index contributed by atoms with van der Waals surface area (Å²) in [5.41, 5.74) is 1.75. The number of nitrogens with zero attached hydrogens (tertiary/aromatic N) is 8. The first-order chi connectivity index (χ1) is 11.1. The number of hydrogen-bond donors (Lipinski definition) is 0. The van der Waals surface area contributed by atoms with Gasteiger partial charge in [-0.15, -0.1) is 15.3 Å². The van der Waals surface area contributed by atoms with Gasteiger partial charge >= 0.3 is 0 Å². The van der Waals surface area contributed by atoms with E-state index in [1.54, 1.807) is 10.8 Å². The Kier molecular flexibility index (Phi) is 3.10. The predicted molar refractivity (Wildman–Crippen MR) is 86.7 cm³/mol. The Bertz CT molecular complexity index is 852. The monoisotopic (exact) mass is 310 g/mol. The molecule has 0 N–H and O–H groups in total. The molecule has 0 unspecified atom stereocenters. The maximum absolute atomic E-state index is 4.61. The lowest BCUT2D eigenvalue weighted by molar-refractivity contribution is 0.486. The zero-order chi connectivity index (χ0) is 16.0. The van der Waals surface area contributed by atoms with Gasteiger partial charge in [-0.25, -0.2) is 9.97 Å². The van der Waals surface area contributed by atoms with Crippen LogP contribution in [0.15, 0.2) is 24.5 Å². The quantitative estimate of drug-likeness (QED) is 0.710. The first kappa shape index (κ1) is 13.9. The molecule has 0 saturated carbocycles. The van der Waals surface area contributed by atoms with E-state index in [0.717, 1.165) is 41.9 Å². The Hall–Kier alpha value is -2.77. The minimum absolute atomic E-state index is 0.420. The summed E-state index contributed by atoms with van der Waals surface area (Å²) in [5, 5.41) is 12.7. The van der Waals surface area contributed by atoms with E-state index in [2.05, 4.69) is 42.1 Å². The summed E-state index contributed by atoms with van der Waals surface area (Å²) in [5.74, 6) is 2.71. The number of fused-ring (bicyclic) bond motifs is 1. The van der Waals surface area contributed by atoms with E-state index in [1.807, 2.05) is 32.0 Å². The average molecular weight is 310 g/mol. The molecule has 0 bridgehead atoms. The molecule has 0 atom stereocenters. The van der Waals surface area contributed by atoms with Crippen molar-refractivity contribution >= 4 is 17.3 Å². The van der Waals surface area contributed by atoms with E-state index < -0.39 is 0 Å². The third kappa shape index (κ3) is 2.36. The Labute approximate surface area is 133 Å². The van der Waals surface area contributed by atoms with E-state index in [1.165, 1.54) is 0 Å². The molecule has 0 aliphatic carbocycles. The number of rotatable bonds is 3. The van der Waals surface area contributed by atoms with E-state index in [-0.39, 0.29) is 0 Å². The molecule has 118 valence electrons. The molecule has 1 fully saturated rings. The molecule has 0 spiro atoms. The molecule has 4 heterocycles. The molecule has 0 radical (unpaired) electrons. The summed E-state index contributed by atoms with van der Waals surface area (Å²) in [6.45, 7) is 5.71. The SMILES string of the molecule is Cc1cc(N(C)C2CN(c3ccc4nnc(C)n4n3)C2)ncn1. The van der Waals surface area contributed by atoms with Crippen LogP contribution in [0.5, 0.6) is 0 Å². The van der Waals surface area contributed by atoms with Crippen LogP contribution in [0.3, 0.4) is 0 Å². The average Bonchev–Trinajstić information content (AvgIpc) is 2.87. The van der Waals surface area contributed by atoms with Crippen LogP contribution in [0, 0.1) is 13.8 Å².